The Morgan fingerprint density at radius 3 is 2.56 bits per heavy atom. The van der Waals surface area contributed by atoms with Crippen LogP contribution in [0.25, 0.3) is 0 Å². The Morgan fingerprint density at radius 2 is 1.83 bits per heavy atom. The molecule has 0 spiro atoms. The van der Waals surface area contributed by atoms with Gasteiger partial charge in [-0.1, -0.05) is 30.3 Å². The minimum Gasteiger partial charge on any atom is -0.397 e. The van der Waals surface area contributed by atoms with E-state index in [-0.39, 0.29) is 5.82 Å². The molecule has 0 aliphatic rings. The molecule has 0 radical (unpaired) electrons. The minimum atomic E-state index is -0.259. The number of hydrogen-bond acceptors (Lipinski definition) is 2. The fourth-order valence-corrected chi connectivity index (χ4v) is 1.91. The van der Waals surface area contributed by atoms with E-state index < -0.39 is 0 Å². The molecule has 2 aromatic rings. The highest BCUT2D eigenvalue weighted by atomic mass is 19.1. The average Bonchev–Trinajstić information content (AvgIpc) is 2.40. The number of likely N-dealkylation sites (N-methyl/N-ethyl adjacent to an activating group) is 1. The summed E-state index contributed by atoms with van der Waals surface area (Å²) in [6, 6.07) is 14.7. The van der Waals surface area contributed by atoms with Crippen LogP contribution in [0.2, 0.25) is 0 Å². The first kappa shape index (κ1) is 12.4. The van der Waals surface area contributed by atoms with Crippen LogP contribution in [0.1, 0.15) is 5.56 Å². The van der Waals surface area contributed by atoms with Gasteiger partial charge in [0.25, 0.3) is 0 Å². The van der Waals surface area contributed by atoms with Crippen molar-refractivity contribution >= 4 is 11.4 Å². The first-order chi connectivity index (χ1) is 8.66. The second-order valence-electron chi connectivity index (χ2n) is 4.36. The van der Waals surface area contributed by atoms with Gasteiger partial charge in [0.1, 0.15) is 5.82 Å². The molecule has 18 heavy (non-hydrogen) atoms. The van der Waals surface area contributed by atoms with E-state index in [4.69, 9.17) is 5.73 Å². The molecule has 94 valence electrons. The van der Waals surface area contributed by atoms with Crippen LogP contribution in [0, 0.1) is 5.82 Å². The van der Waals surface area contributed by atoms with E-state index in [1.807, 2.05) is 30.1 Å². The van der Waals surface area contributed by atoms with Crippen molar-refractivity contribution in [2.75, 3.05) is 24.2 Å². The van der Waals surface area contributed by atoms with Crippen LogP contribution in [-0.4, -0.2) is 13.6 Å². The number of nitrogens with zero attached hydrogens (tertiary/aromatic N) is 1. The van der Waals surface area contributed by atoms with Crippen molar-refractivity contribution in [2.24, 2.45) is 0 Å². The maximum Gasteiger partial charge on any atom is 0.125 e. The predicted molar refractivity (Wildman–Crippen MR) is 74.2 cm³/mol. The van der Waals surface area contributed by atoms with Gasteiger partial charge in [-0.3, -0.25) is 0 Å². The topological polar surface area (TPSA) is 29.3 Å². The van der Waals surface area contributed by atoms with E-state index in [2.05, 4.69) is 12.1 Å². The van der Waals surface area contributed by atoms with Crippen molar-refractivity contribution < 1.29 is 4.39 Å². The molecule has 0 fully saturated rings. The molecular weight excluding hydrogens is 227 g/mol. The third kappa shape index (κ3) is 3.00. The van der Waals surface area contributed by atoms with Gasteiger partial charge < -0.3 is 10.6 Å². The molecular formula is C15H17FN2. The lowest BCUT2D eigenvalue weighted by molar-refractivity contribution is 0.627. The van der Waals surface area contributed by atoms with Gasteiger partial charge in [0.05, 0.1) is 11.4 Å². The standard InChI is InChI=1S/C15H17FN2/c1-18(10-9-12-5-3-2-4-6-12)15-11-13(16)7-8-14(15)17/h2-8,11H,9-10,17H2,1H3. The van der Waals surface area contributed by atoms with Gasteiger partial charge in [-0.25, -0.2) is 4.39 Å². The second kappa shape index (κ2) is 5.54. The Hall–Kier alpha value is -2.03. The Bertz CT molecular complexity index is 511. The first-order valence-corrected chi connectivity index (χ1v) is 5.97. The summed E-state index contributed by atoms with van der Waals surface area (Å²) in [4.78, 5) is 1.98. The van der Waals surface area contributed by atoms with E-state index >= 15 is 0 Å². The lowest BCUT2D eigenvalue weighted by atomic mass is 10.1. The third-order valence-electron chi connectivity index (χ3n) is 2.98. The normalized spacial score (nSPS) is 10.3. The number of nitrogens with two attached hydrogens (primary N) is 1. The van der Waals surface area contributed by atoms with Crippen LogP contribution in [-0.2, 0) is 6.42 Å². The molecule has 0 unspecified atom stereocenters. The summed E-state index contributed by atoms with van der Waals surface area (Å²) in [6.07, 6.45) is 0.910. The van der Waals surface area contributed by atoms with Crippen molar-refractivity contribution in [1.82, 2.24) is 0 Å². The van der Waals surface area contributed by atoms with Crippen LogP contribution >= 0.6 is 0 Å². The molecule has 3 heteroatoms. The lowest BCUT2D eigenvalue weighted by Gasteiger charge is -2.21. The van der Waals surface area contributed by atoms with Gasteiger partial charge in [-0.2, -0.15) is 0 Å². The number of benzene rings is 2. The maximum absolute atomic E-state index is 13.2. The Kier molecular flexibility index (Phi) is 3.82. The van der Waals surface area contributed by atoms with E-state index in [0.717, 1.165) is 18.7 Å². The molecule has 2 N–H and O–H groups in total. The fourth-order valence-electron chi connectivity index (χ4n) is 1.91. The fraction of sp³-hybridized carbons (Fsp3) is 0.200. The Labute approximate surface area is 107 Å². The number of nitrogen functional groups attached to an aromatic ring is 1. The summed E-state index contributed by atoms with van der Waals surface area (Å²) in [7, 11) is 1.92. The Balaban J connectivity index is 2.03. The van der Waals surface area contributed by atoms with Crippen molar-refractivity contribution in [3.8, 4) is 0 Å². The number of hydrogen-bond donors (Lipinski definition) is 1. The molecule has 0 saturated heterocycles. The van der Waals surface area contributed by atoms with E-state index in [1.165, 1.54) is 17.7 Å². The van der Waals surface area contributed by atoms with Gasteiger partial charge in [0, 0.05) is 13.6 Å². The van der Waals surface area contributed by atoms with Crippen LogP contribution in [0.3, 0.4) is 0 Å². The van der Waals surface area contributed by atoms with Crippen molar-refractivity contribution in [1.29, 1.82) is 0 Å². The first-order valence-electron chi connectivity index (χ1n) is 5.97. The molecule has 2 nitrogen and oxygen atoms in total. The summed E-state index contributed by atoms with van der Waals surface area (Å²) >= 11 is 0. The summed E-state index contributed by atoms with van der Waals surface area (Å²) in [6.45, 7) is 0.803. The quantitative estimate of drug-likeness (QED) is 0.837. The van der Waals surface area contributed by atoms with Gasteiger partial charge in [0.15, 0.2) is 0 Å². The smallest absolute Gasteiger partial charge is 0.125 e. The minimum absolute atomic E-state index is 0.259. The molecule has 0 heterocycles. The van der Waals surface area contributed by atoms with Gasteiger partial charge in [-0.05, 0) is 30.2 Å². The summed E-state index contributed by atoms with van der Waals surface area (Å²) in [5, 5.41) is 0. The van der Waals surface area contributed by atoms with Crippen LogP contribution in [0.5, 0.6) is 0 Å². The molecule has 0 aliphatic heterocycles. The Morgan fingerprint density at radius 1 is 1.11 bits per heavy atom. The predicted octanol–water partition coefficient (Wildman–Crippen LogP) is 3.09. The van der Waals surface area contributed by atoms with Crippen molar-refractivity contribution in [3.63, 3.8) is 0 Å². The highest BCUT2D eigenvalue weighted by molar-refractivity contribution is 5.67. The van der Waals surface area contributed by atoms with Crippen molar-refractivity contribution in [3.05, 3.63) is 59.9 Å². The molecule has 0 bridgehead atoms. The van der Waals surface area contributed by atoms with Gasteiger partial charge >= 0.3 is 0 Å². The second-order valence-corrected chi connectivity index (χ2v) is 4.36. The van der Waals surface area contributed by atoms with Gasteiger partial charge in [-0.15, -0.1) is 0 Å². The highest BCUT2D eigenvalue weighted by Gasteiger charge is 2.06. The monoisotopic (exact) mass is 244 g/mol. The SMILES string of the molecule is CN(CCc1ccccc1)c1cc(F)ccc1N. The molecule has 0 saturated carbocycles. The largest absolute Gasteiger partial charge is 0.397 e. The highest BCUT2D eigenvalue weighted by Crippen LogP contribution is 2.23. The molecule has 0 aliphatic carbocycles. The zero-order chi connectivity index (χ0) is 13.0. The van der Waals surface area contributed by atoms with Crippen molar-refractivity contribution in [2.45, 2.75) is 6.42 Å². The van der Waals surface area contributed by atoms with E-state index in [1.54, 1.807) is 6.07 Å². The van der Waals surface area contributed by atoms with Crippen LogP contribution in [0.4, 0.5) is 15.8 Å². The lowest BCUT2D eigenvalue weighted by Crippen LogP contribution is -2.21. The molecule has 0 amide bonds. The zero-order valence-electron chi connectivity index (χ0n) is 10.4. The zero-order valence-corrected chi connectivity index (χ0v) is 10.4. The molecule has 0 aromatic heterocycles. The van der Waals surface area contributed by atoms with Crippen LogP contribution in [0.15, 0.2) is 48.5 Å². The molecule has 0 atom stereocenters. The van der Waals surface area contributed by atoms with Crippen LogP contribution < -0.4 is 10.6 Å². The molecule has 2 aromatic carbocycles. The average molecular weight is 244 g/mol. The third-order valence-corrected chi connectivity index (χ3v) is 2.98. The maximum atomic E-state index is 13.2. The summed E-state index contributed by atoms with van der Waals surface area (Å²) < 4.78 is 13.2. The number of halogens is 1. The summed E-state index contributed by atoms with van der Waals surface area (Å²) in [5.74, 6) is -0.259. The molecule has 2 rings (SSSR count). The van der Waals surface area contributed by atoms with Gasteiger partial charge in [0.2, 0.25) is 0 Å². The summed E-state index contributed by atoms with van der Waals surface area (Å²) in [5.41, 5.74) is 8.46. The van der Waals surface area contributed by atoms with E-state index in [9.17, 15) is 4.39 Å². The number of anilines is 2. The van der Waals surface area contributed by atoms with E-state index in [0.29, 0.717) is 5.69 Å². The number of rotatable bonds is 4.